The van der Waals surface area contributed by atoms with E-state index in [0.29, 0.717) is 83.2 Å². The van der Waals surface area contributed by atoms with Crippen LogP contribution in [0, 0.1) is 35.5 Å². The van der Waals surface area contributed by atoms with Crippen LogP contribution in [0.2, 0.25) is 0 Å². The molecule has 4 aliphatic rings. The van der Waals surface area contributed by atoms with E-state index in [2.05, 4.69) is 0 Å². The second-order valence-electron chi connectivity index (χ2n) is 20.8. The molecule has 1 saturated carbocycles. The Morgan fingerprint density at radius 2 is 1.56 bits per heavy atom. The minimum atomic E-state index is -2.47. The van der Waals surface area contributed by atoms with Gasteiger partial charge in [0, 0.05) is 58.5 Å². The van der Waals surface area contributed by atoms with Gasteiger partial charge in [-0.05, 0) is 107 Å². The minimum absolute atomic E-state index is 0.00618. The Morgan fingerprint density at radius 1 is 0.831 bits per heavy atom. The summed E-state index contributed by atoms with van der Waals surface area (Å²) in [7, 11) is 4.54. The Kier molecular flexibility index (Phi) is 24.9. The number of Topliss-reactive ketones (excluding diaryl/α,β-unsaturated/α-hetero) is 3. The second-order valence-corrected chi connectivity index (χ2v) is 20.8. The number of piperidine rings is 1. The lowest BCUT2D eigenvalue weighted by Crippen LogP contribution is -2.61. The molecule has 0 spiro atoms. The molecule has 0 aromatic heterocycles. The van der Waals surface area contributed by atoms with Gasteiger partial charge in [-0.3, -0.25) is 19.2 Å². The quantitative estimate of drug-likeness (QED) is 0.0858. The average molecular weight is 1000 g/mol. The molecule has 2 saturated heterocycles. The van der Waals surface area contributed by atoms with Gasteiger partial charge in [0.15, 0.2) is 5.78 Å². The lowest BCUT2D eigenvalue weighted by Gasteiger charge is -2.43. The predicted molar refractivity (Wildman–Crippen MR) is 267 cm³/mol. The molecule has 0 aromatic carbocycles. The van der Waals surface area contributed by atoms with Crippen molar-refractivity contribution in [3.05, 3.63) is 47.6 Å². The SMILES string of the molecule is COCCOCCO[C@H]1C[C@@H]2CC[C@@H](C)[C@@](O)(O2)C(=O)C(=O)N2CCCC[C@H]2C(=O)O[C@H]([C@H](C)C[C@@H]2CC[C@@H](O)[C@H](OC)C2)CC(=O)[C@H](C)/C=C(\C)[C@@H](O)[C@@H](OC)C(=O)[C@H](C)C[C@H](C)/C=C/C=C/C=C/1C. The summed E-state index contributed by atoms with van der Waals surface area (Å²) < 4.78 is 40.8. The first-order valence-corrected chi connectivity index (χ1v) is 26.1. The van der Waals surface area contributed by atoms with E-state index in [9.17, 15) is 39.3 Å². The maximum absolute atomic E-state index is 14.5. The van der Waals surface area contributed by atoms with E-state index in [-0.39, 0.29) is 67.8 Å². The number of carbonyl (C=O) groups excluding carboxylic acids is 5. The van der Waals surface area contributed by atoms with Crippen molar-refractivity contribution in [1.82, 2.24) is 4.90 Å². The zero-order valence-electron chi connectivity index (χ0n) is 44.3. The van der Waals surface area contributed by atoms with Crippen LogP contribution in [0.4, 0.5) is 0 Å². The van der Waals surface area contributed by atoms with Crippen LogP contribution in [0.3, 0.4) is 0 Å². The monoisotopic (exact) mass is 1000 g/mol. The van der Waals surface area contributed by atoms with Crippen LogP contribution >= 0.6 is 0 Å². The highest BCUT2D eigenvalue weighted by Gasteiger charge is 2.53. The Hall–Kier alpha value is -3.45. The van der Waals surface area contributed by atoms with Crippen molar-refractivity contribution in [2.45, 2.75) is 180 Å². The Morgan fingerprint density at radius 3 is 2.27 bits per heavy atom. The smallest absolute Gasteiger partial charge is 0.329 e. The number of carbonyl (C=O) groups is 5. The fourth-order valence-corrected chi connectivity index (χ4v) is 10.5. The van der Waals surface area contributed by atoms with Crippen LogP contribution in [0.15, 0.2) is 47.6 Å². The normalized spacial score (nSPS) is 38.0. The van der Waals surface area contributed by atoms with Gasteiger partial charge in [-0.1, -0.05) is 71.1 Å². The number of aliphatic hydroxyl groups is 3. The van der Waals surface area contributed by atoms with Gasteiger partial charge in [-0.2, -0.15) is 0 Å². The summed E-state index contributed by atoms with van der Waals surface area (Å²) in [6.07, 6.45) is 10.7. The molecular formula is C55H87NO15. The number of esters is 1. The average Bonchev–Trinajstić information content (AvgIpc) is 3.34. The third-order valence-corrected chi connectivity index (χ3v) is 15.2. The number of amides is 1. The number of aliphatic hydroxyl groups excluding tert-OH is 2. The molecule has 3 fully saturated rings. The topological polar surface area (TPSA) is 214 Å². The summed E-state index contributed by atoms with van der Waals surface area (Å²) in [5, 5.41) is 34.1. The highest BCUT2D eigenvalue weighted by atomic mass is 16.6. The maximum atomic E-state index is 14.5. The van der Waals surface area contributed by atoms with Gasteiger partial charge in [0.25, 0.3) is 11.7 Å². The lowest BCUT2D eigenvalue weighted by molar-refractivity contribution is -0.266. The summed E-state index contributed by atoms with van der Waals surface area (Å²) >= 11 is 0. The van der Waals surface area contributed by atoms with Crippen molar-refractivity contribution >= 4 is 29.2 Å². The van der Waals surface area contributed by atoms with E-state index in [4.69, 9.17) is 33.2 Å². The van der Waals surface area contributed by atoms with Crippen molar-refractivity contribution in [2.75, 3.05) is 54.3 Å². The van der Waals surface area contributed by atoms with E-state index in [0.717, 1.165) is 5.57 Å². The van der Waals surface area contributed by atoms with Crippen LogP contribution in [0.5, 0.6) is 0 Å². The number of hydrogen-bond acceptors (Lipinski definition) is 15. The molecule has 0 aromatic rings. The van der Waals surface area contributed by atoms with Crippen molar-refractivity contribution in [2.24, 2.45) is 35.5 Å². The zero-order valence-corrected chi connectivity index (χ0v) is 44.3. The number of hydrogen-bond donors (Lipinski definition) is 3. The van der Waals surface area contributed by atoms with E-state index in [1.54, 1.807) is 41.1 Å². The molecule has 1 aliphatic carbocycles. The lowest BCUT2D eigenvalue weighted by atomic mass is 9.78. The minimum Gasteiger partial charge on any atom is -0.460 e. The molecule has 3 N–H and O–H groups in total. The first-order valence-electron chi connectivity index (χ1n) is 26.1. The third kappa shape index (κ3) is 17.3. The molecule has 0 radical (unpaired) electrons. The molecule has 2 bridgehead atoms. The van der Waals surface area contributed by atoms with Crippen LogP contribution in [0.1, 0.15) is 126 Å². The first kappa shape index (κ1) is 60.1. The maximum Gasteiger partial charge on any atom is 0.329 e. The Bertz CT molecular complexity index is 1860. The van der Waals surface area contributed by atoms with Gasteiger partial charge < -0.3 is 53.4 Å². The number of nitrogens with zero attached hydrogens (tertiary/aromatic N) is 1. The van der Waals surface area contributed by atoms with E-state index < -0.39 is 83.9 Å². The summed E-state index contributed by atoms with van der Waals surface area (Å²) in [6, 6.07) is -1.16. The molecular weight excluding hydrogens is 915 g/mol. The highest BCUT2D eigenvalue weighted by Crippen LogP contribution is 2.38. The first-order chi connectivity index (χ1) is 33.7. The summed E-state index contributed by atoms with van der Waals surface area (Å²) in [5.74, 6) is -8.18. The molecule has 16 heteroatoms. The van der Waals surface area contributed by atoms with Crippen molar-refractivity contribution in [1.29, 1.82) is 0 Å². The number of fused-ring (bicyclic) bond motifs is 3. The van der Waals surface area contributed by atoms with E-state index >= 15 is 0 Å². The molecule has 4 rings (SSSR count). The highest BCUT2D eigenvalue weighted by molar-refractivity contribution is 6.39. The number of rotatable bonds is 12. The van der Waals surface area contributed by atoms with Gasteiger partial charge in [-0.25, -0.2) is 4.79 Å². The molecule has 3 aliphatic heterocycles. The van der Waals surface area contributed by atoms with Gasteiger partial charge >= 0.3 is 5.97 Å². The second kappa shape index (κ2) is 29.4. The van der Waals surface area contributed by atoms with Crippen molar-refractivity contribution < 1.29 is 72.5 Å². The molecule has 15 atom stereocenters. The van der Waals surface area contributed by atoms with Gasteiger partial charge in [0.05, 0.1) is 50.8 Å². The Balaban J connectivity index is 1.71. The zero-order chi connectivity index (χ0) is 52.4. The van der Waals surface area contributed by atoms with Gasteiger partial charge in [-0.15, -0.1) is 0 Å². The number of allylic oxidation sites excluding steroid dienone is 6. The summed E-state index contributed by atoms with van der Waals surface area (Å²) in [4.78, 5) is 72.4. The molecule has 0 unspecified atom stereocenters. The van der Waals surface area contributed by atoms with E-state index in [1.165, 1.54) is 12.0 Å². The van der Waals surface area contributed by atoms with Gasteiger partial charge in [0.1, 0.15) is 30.1 Å². The molecule has 16 nitrogen and oxygen atoms in total. The van der Waals surface area contributed by atoms with Crippen LogP contribution in [-0.2, 0) is 57.1 Å². The summed E-state index contributed by atoms with van der Waals surface area (Å²) in [6.45, 7) is 14.1. The Labute approximate surface area is 422 Å². The predicted octanol–water partition coefficient (Wildman–Crippen LogP) is 6.21. The molecule has 1 amide bonds. The number of ketones is 3. The van der Waals surface area contributed by atoms with Crippen LogP contribution in [-0.4, -0.2) is 158 Å². The molecule has 3 heterocycles. The number of cyclic esters (lactones) is 1. The van der Waals surface area contributed by atoms with Gasteiger partial charge in [0.2, 0.25) is 5.79 Å². The fourth-order valence-electron chi connectivity index (χ4n) is 10.5. The number of ether oxygens (including phenoxy) is 7. The van der Waals surface area contributed by atoms with Crippen LogP contribution in [0.25, 0.3) is 0 Å². The van der Waals surface area contributed by atoms with E-state index in [1.807, 2.05) is 58.1 Å². The molecule has 402 valence electrons. The van der Waals surface area contributed by atoms with Crippen molar-refractivity contribution in [3.8, 4) is 0 Å². The largest absolute Gasteiger partial charge is 0.460 e. The van der Waals surface area contributed by atoms with Crippen LogP contribution < -0.4 is 0 Å². The summed E-state index contributed by atoms with van der Waals surface area (Å²) in [5.41, 5.74) is 1.23. The fraction of sp³-hybridized carbons (Fsp3) is 0.764. The molecule has 71 heavy (non-hydrogen) atoms. The standard InChI is InChI=1S/C55H87NO15/c1-34-16-12-11-13-17-35(2)46(69-27-26-68-25-24-65-8)32-42-21-19-40(7)55(64,71-42)52(61)53(62)56-23-15-14-18-43(56)54(63)70-47(37(4)30-41-20-22-44(57)48(31-41)66-9)33-45(58)36(3)29-39(6)50(60)51(67-10)49(59)38(5)28-34/h11-13,16-17,29,34,36-38,40-44,46-48,50-51,57,60,64H,14-15,18-28,30-33H2,1-10H3/b13-11+,16-12+,35-17+,39-29+/t34-,36-,37-,38-,40-,41+,42+,43+,44-,46+,47+,48-,50-,51+,55-/m1/s1. The third-order valence-electron chi connectivity index (χ3n) is 15.2. The number of methoxy groups -OCH3 is 3. The van der Waals surface area contributed by atoms with Crippen molar-refractivity contribution in [3.63, 3.8) is 0 Å².